The third-order valence-electron chi connectivity index (χ3n) is 2.64. The Morgan fingerprint density at radius 2 is 1.74 bits per heavy atom. The Kier molecular flexibility index (Phi) is 8.76. The number of hydrogen-bond acceptors (Lipinski definition) is 4. The molecule has 0 aromatic rings. The van der Waals surface area contributed by atoms with Crippen LogP contribution in [0, 0.1) is 0 Å². The van der Waals surface area contributed by atoms with Crippen LogP contribution in [0.5, 0.6) is 0 Å². The van der Waals surface area contributed by atoms with Gasteiger partial charge in [-0.25, -0.2) is 4.79 Å². The second kappa shape index (κ2) is 9.15. The van der Waals surface area contributed by atoms with E-state index in [-0.39, 0.29) is 6.09 Å². The molecule has 0 bridgehead atoms. The van der Waals surface area contributed by atoms with Gasteiger partial charge in [0.15, 0.2) is 0 Å². The van der Waals surface area contributed by atoms with Crippen molar-refractivity contribution in [2.24, 2.45) is 0 Å². The first-order valence-corrected chi connectivity index (χ1v) is 6.96. The SMILES string of the molecule is CCN(C)CCOCCCN(C)C(=O)OC(C)(C)C. The zero-order valence-corrected chi connectivity index (χ0v) is 13.4. The molecule has 19 heavy (non-hydrogen) atoms. The fourth-order valence-electron chi connectivity index (χ4n) is 1.32. The fourth-order valence-corrected chi connectivity index (χ4v) is 1.32. The minimum absolute atomic E-state index is 0.279. The van der Waals surface area contributed by atoms with E-state index >= 15 is 0 Å². The normalized spacial score (nSPS) is 11.7. The van der Waals surface area contributed by atoms with Gasteiger partial charge in [-0.05, 0) is 40.8 Å². The predicted molar refractivity (Wildman–Crippen MR) is 77.5 cm³/mol. The summed E-state index contributed by atoms with van der Waals surface area (Å²) in [6.07, 6.45) is 0.546. The second-order valence-electron chi connectivity index (χ2n) is 5.76. The van der Waals surface area contributed by atoms with Gasteiger partial charge in [-0.2, -0.15) is 0 Å². The molecule has 0 aliphatic carbocycles. The third kappa shape index (κ3) is 10.8. The molecule has 0 fully saturated rings. The van der Waals surface area contributed by atoms with Gasteiger partial charge < -0.3 is 19.3 Å². The molecule has 0 rings (SSSR count). The van der Waals surface area contributed by atoms with Gasteiger partial charge in [0.25, 0.3) is 0 Å². The number of carbonyl (C=O) groups is 1. The third-order valence-corrected chi connectivity index (χ3v) is 2.64. The Balaban J connectivity index is 3.58. The van der Waals surface area contributed by atoms with Crippen molar-refractivity contribution in [3.05, 3.63) is 0 Å². The maximum atomic E-state index is 11.7. The van der Waals surface area contributed by atoms with E-state index in [1.165, 1.54) is 0 Å². The lowest BCUT2D eigenvalue weighted by molar-refractivity contribution is 0.0277. The van der Waals surface area contributed by atoms with Crippen molar-refractivity contribution in [2.45, 2.75) is 39.7 Å². The van der Waals surface area contributed by atoms with Crippen molar-refractivity contribution in [1.29, 1.82) is 0 Å². The lowest BCUT2D eigenvalue weighted by Gasteiger charge is -2.24. The molecule has 0 unspecified atom stereocenters. The molecule has 114 valence electrons. The summed E-state index contributed by atoms with van der Waals surface area (Å²) < 4.78 is 10.8. The van der Waals surface area contributed by atoms with E-state index < -0.39 is 5.60 Å². The summed E-state index contributed by atoms with van der Waals surface area (Å²) >= 11 is 0. The Labute approximate surface area is 117 Å². The van der Waals surface area contributed by atoms with Crippen LogP contribution in [0.25, 0.3) is 0 Å². The first-order valence-electron chi connectivity index (χ1n) is 6.96. The van der Waals surface area contributed by atoms with Crippen LogP contribution in [0.4, 0.5) is 4.79 Å². The van der Waals surface area contributed by atoms with E-state index in [1.54, 1.807) is 11.9 Å². The highest BCUT2D eigenvalue weighted by Gasteiger charge is 2.18. The highest BCUT2D eigenvalue weighted by Crippen LogP contribution is 2.09. The molecule has 5 heteroatoms. The average Bonchev–Trinajstić information content (AvgIpc) is 2.30. The van der Waals surface area contributed by atoms with E-state index in [2.05, 4.69) is 18.9 Å². The van der Waals surface area contributed by atoms with Gasteiger partial charge >= 0.3 is 6.09 Å². The van der Waals surface area contributed by atoms with Crippen molar-refractivity contribution < 1.29 is 14.3 Å². The van der Waals surface area contributed by atoms with E-state index in [0.717, 1.165) is 26.1 Å². The smallest absolute Gasteiger partial charge is 0.410 e. The number of likely N-dealkylation sites (N-methyl/N-ethyl adjacent to an activating group) is 1. The highest BCUT2D eigenvalue weighted by molar-refractivity contribution is 5.67. The molecule has 0 aromatic heterocycles. The molecule has 0 aromatic carbocycles. The van der Waals surface area contributed by atoms with Crippen LogP contribution in [-0.2, 0) is 9.47 Å². The number of hydrogen-bond donors (Lipinski definition) is 0. The topological polar surface area (TPSA) is 42.0 Å². The first kappa shape index (κ1) is 18.2. The Bertz CT molecular complexity index is 252. The number of amides is 1. The standard InChI is InChI=1S/C14H30N2O3/c1-7-15(5)10-12-18-11-8-9-16(6)13(17)19-14(2,3)4/h7-12H2,1-6H3. The van der Waals surface area contributed by atoms with E-state index in [1.807, 2.05) is 20.8 Å². The van der Waals surface area contributed by atoms with Crippen LogP contribution in [0.15, 0.2) is 0 Å². The summed E-state index contributed by atoms with van der Waals surface area (Å²) in [5, 5.41) is 0. The molecule has 0 heterocycles. The quantitative estimate of drug-likeness (QED) is 0.636. The molecule has 0 radical (unpaired) electrons. The molecular weight excluding hydrogens is 244 g/mol. The lowest BCUT2D eigenvalue weighted by Crippen LogP contribution is -2.35. The summed E-state index contributed by atoms with van der Waals surface area (Å²) in [6.45, 7) is 11.8. The Morgan fingerprint density at radius 3 is 2.26 bits per heavy atom. The van der Waals surface area contributed by atoms with Crippen molar-refractivity contribution in [3.8, 4) is 0 Å². The van der Waals surface area contributed by atoms with Crippen LogP contribution in [0.1, 0.15) is 34.1 Å². The molecule has 0 saturated heterocycles. The molecule has 0 spiro atoms. The van der Waals surface area contributed by atoms with Gasteiger partial charge in [-0.15, -0.1) is 0 Å². The molecule has 5 nitrogen and oxygen atoms in total. The summed E-state index contributed by atoms with van der Waals surface area (Å²) in [5.41, 5.74) is -0.438. The molecule has 0 atom stereocenters. The van der Waals surface area contributed by atoms with Gasteiger partial charge in [0.2, 0.25) is 0 Å². The van der Waals surface area contributed by atoms with E-state index in [9.17, 15) is 4.79 Å². The number of carbonyl (C=O) groups excluding carboxylic acids is 1. The molecule has 0 N–H and O–H groups in total. The molecule has 0 aliphatic rings. The molecular formula is C14H30N2O3. The zero-order chi connectivity index (χ0) is 14.9. The Hall–Kier alpha value is -0.810. The summed E-state index contributed by atoms with van der Waals surface area (Å²) in [7, 11) is 3.82. The fraction of sp³-hybridized carbons (Fsp3) is 0.929. The van der Waals surface area contributed by atoms with Gasteiger partial charge in [-0.3, -0.25) is 0 Å². The van der Waals surface area contributed by atoms with Gasteiger partial charge in [0, 0.05) is 26.7 Å². The van der Waals surface area contributed by atoms with Gasteiger partial charge in [0.05, 0.1) is 6.61 Å². The number of rotatable bonds is 8. The first-order chi connectivity index (χ1) is 8.76. The second-order valence-corrected chi connectivity index (χ2v) is 5.76. The highest BCUT2D eigenvalue weighted by atomic mass is 16.6. The van der Waals surface area contributed by atoms with Gasteiger partial charge in [-0.1, -0.05) is 6.92 Å². The maximum Gasteiger partial charge on any atom is 0.410 e. The van der Waals surface area contributed by atoms with Crippen LogP contribution in [-0.4, -0.2) is 68.4 Å². The largest absolute Gasteiger partial charge is 0.444 e. The van der Waals surface area contributed by atoms with Crippen LogP contribution in [0.2, 0.25) is 0 Å². The van der Waals surface area contributed by atoms with Crippen LogP contribution < -0.4 is 0 Å². The van der Waals surface area contributed by atoms with Crippen LogP contribution in [0.3, 0.4) is 0 Å². The number of ether oxygens (including phenoxy) is 2. The van der Waals surface area contributed by atoms with Gasteiger partial charge in [0.1, 0.15) is 5.60 Å². The molecule has 0 saturated carbocycles. The maximum absolute atomic E-state index is 11.7. The van der Waals surface area contributed by atoms with Crippen molar-refractivity contribution in [1.82, 2.24) is 9.80 Å². The van der Waals surface area contributed by atoms with Crippen LogP contribution >= 0.6 is 0 Å². The van der Waals surface area contributed by atoms with E-state index in [0.29, 0.717) is 13.2 Å². The summed E-state index contributed by atoms with van der Waals surface area (Å²) in [4.78, 5) is 15.5. The molecule has 0 aliphatic heterocycles. The lowest BCUT2D eigenvalue weighted by atomic mass is 10.2. The summed E-state index contributed by atoms with van der Waals surface area (Å²) in [5.74, 6) is 0. The van der Waals surface area contributed by atoms with Crippen molar-refractivity contribution in [2.75, 3.05) is 46.9 Å². The van der Waals surface area contributed by atoms with E-state index in [4.69, 9.17) is 9.47 Å². The predicted octanol–water partition coefficient (Wildman–Crippen LogP) is 2.21. The average molecular weight is 274 g/mol. The van der Waals surface area contributed by atoms with Crippen molar-refractivity contribution >= 4 is 6.09 Å². The Morgan fingerprint density at radius 1 is 1.11 bits per heavy atom. The minimum atomic E-state index is -0.438. The zero-order valence-electron chi connectivity index (χ0n) is 13.4. The van der Waals surface area contributed by atoms with Crippen molar-refractivity contribution in [3.63, 3.8) is 0 Å². The minimum Gasteiger partial charge on any atom is -0.444 e. The number of nitrogens with zero attached hydrogens (tertiary/aromatic N) is 2. The summed E-state index contributed by atoms with van der Waals surface area (Å²) in [6, 6.07) is 0. The monoisotopic (exact) mass is 274 g/mol. The molecule has 1 amide bonds.